The summed E-state index contributed by atoms with van der Waals surface area (Å²) in [5.41, 5.74) is -0.541. The largest absolute Gasteiger partial charge is 1.00 e. The molecule has 0 radical (unpaired) electrons. The van der Waals surface area contributed by atoms with E-state index in [1.54, 1.807) is 0 Å². The molecule has 0 aromatic heterocycles. The fourth-order valence-electron chi connectivity index (χ4n) is 1.16. The number of nitrogens with zero attached hydrogens (tertiary/aromatic N) is 1. The second-order valence-electron chi connectivity index (χ2n) is 3.20. The van der Waals surface area contributed by atoms with E-state index in [4.69, 9.17) is 14.0 Å². The van der Waals surface area contributed by atoms with Crippen LogP contribution in [0.3, 0.4) is 0 Å². The molecule has 0 fully saturated rings. The predicted molar refractivity (Wildman–Crippen MR) is 61.4 cm³/mol. The molecule has 8 nitrogen and oxygen atoms in total. The van der Waals surface area contributed by atoms with Gasteiger partial charge >= 0.3 is 57.1 Å². The van der Waals surface area contributed by atoms with E-state index in [1.165, 1.54) is 7.11 Å². The van der Waals surface area contributed by atoms with Crippen molar-refractivity contribution < 1.29 is 80.2 Å². The van der Waals surface area contributed by atoms with Gasteiger partial charge < -0.3 is 10.9 Å². The molecule has 0 heterocycles. The third kappa shape index (κ3) is 5.83. The van der Waals surface area contributed by atoms with Crippen molar-refractivity contribution in [2.45, 2.75) is 4.90 Å². The van der Waals surface area contributed by atoms with Gasteiger partial charge in [0.25, 0.3) is 10.1 Å². The van der Waals surface area contributed by atoms with Crippen LogP contribution in [0.15, 0.2) is 23.1 Å². The van der Waals surface area contributed by atoms with Gasteiger partial charge in [-0.05, 0) is 12.1 Å². The Morgan fingerprint density at radius 3 is 2.53 bits per heavy atom. The normalized spacial score (nSPS) is 10.6. The average Bonchev–Trinajstić information content (AvgIpc) is 2.28. The number of rotatable bonds is 6. The van der Waals surface area contributed by atoms with Crippen LogP contribution in [0.5, 0.6) is 5.75 Å². The second kappa shape index (κ2) is 8.27. The maximum absolute atomic E-state index is 10.9. The van der Waals surface area contributed by atoms with Gasteiger partial charge in [-0.3, -0.25) is 14.7 Å². The molecule has 0 amide bonds. The van der Waals surface area contributed by atoms with Crippen LogP contribution in [0.1, 0.15) is 1.43 Å². The van der Waals surface area contributed by atoms with Crippen molar-refractivity contribution in [1.82, 2.24) is 0 Å². The van der Waals surface area contributed by atoms with Crippen molar-refractivity contribution >= 4 is 15.8 Å². The Labute approximate surface area is 153 Å². The third-order valence-corrected chi connectivity index (χ3v) is 2.82. The summed E-state index contributed by atoms with van der Waals surface area (Å²) >= 11 is 0. The number of hydrogen-bond donors (Lipinski definition) is 1. The number of benzene rings is 1. The van der Waals surface area contributed by atoms with Crippen LogP contribution in [-0.2, 0) is 14.9 Å². The van der Waals surface area contributed by atoms with Crippen molar-refractivity contribution in [2.75, 3.05) is 20.3 Å². The van der Waals surface area contributed by atoms with E-state index >= 15 is 0 Å². The SMILES string of the molecule is COCCOc1ccc(S(=O)(=O)O)cc1[N+](=O)[O-].[H-].[K+]. The molecule has 0 aliphatic rings. The minimum Gasteiger partial charge on any atom is -1.00 e. The quantitative estimate of drug-likeness (QED) is 0.212. The van der Waals surface area contributed by atoms with E-state index in [9.17, 15) is 18.5 Å². The molecule has 19 heavy (non-hydrogen) atoms. The summed E-state index contributed by atoms with van der Waals surface area (Å²) in [5, 5.41) is 10.8. The molecule has 0 saturated heterocycles. The summed E-state index contributed by atoms with van der Waals surface area (Å²) in [5.74, 6) is -0.0931. The molecule has 10 heteroatoms. The molecule has 1 rings (SSSR count). The molecule has 0 unspecified atom stereocenters. The van der Waals surface area contributed by atoms with Crippen molar-refractivity contribution in [3.8, 4) is 5.75 Å². The van der Waals surface area contributed by atoms with E-state index < -0.39 is 25.6 Å². The molecule has 0 aliphatic heterocycles. The molecule has 0 spiro atoms. The Kier molecular flexibility index (Phi) is 8.23. The van der Waals surface area contributed by atoms with Crippen molar-refractivity contribution in [3.05, 3.63) is 28.3 Å². The first-order valence-electron chi connectivity index (χ1n) is 4.74. The van der Waals surface area contributed by atoms with Gasteiger partial charge in [-0.15, -0.1) is 0 Å². The molecule has 0 bridgehead atoms. The zero-order valence-corrected chi connectivity index (χ0v) is 14.3. The molecular weight excluding hydrogens is 305 g/mol. The first-order chi connectivity index (χ1) is 8.36. The Bertz CT molecular complexity index is 551. The van der Waals surface area contributed by atoms with Crippen LogP contribution < -0.4 is 56.1 Å². The fraction of sp³-hybridized carbons (Fsp3) is 0.333. The van der Waals surface area contributed by atoms with Crippen LogP contribution >= 0.6 is 0 Å². The third-order valence-electron chi connectivity index (χ3n) is 1.97. The molecule has 0 atom stereocenters. The number of nitro groups is 1. The minimum absolute atomic E-state index is 0. The van der Waals surface area contributed by atoms with E-state index in [0.29, 0.717) is 0 Å². The van der Waals surface area contributed by atoms with Gasteiger partial charge in [0.1, 0.15) is 11.5 Å². The maximum atomic E-state index is 10.9. The van der Waals surface area contributed by atoms with Gasteiger partial charge in [-0.25, -0.2) is 0 Å². The van der Waals surface area contributed by atoms with E-state index in [0.717, 1.165) is 18.2 Å². The Balaban J connectivity index is 0. The van der Waals surface area contributed by atoms with Gasteiger partial charge in [0.2, 0.25) is 0 Å². The van der Waals surface area contributed by atoms with Gasteiger partial charge in [-0.2, -0.15) is 8.42 Å². The summed E-state index contributed by atoms with van der Waals surface area (Å²) in [6.07, 6.45) is 0. The minimum atomic E-state index is -4.49. The summed E-state index contributed by atoms with van der Waals surface area (Å²) in [4.78, 5) is 9.39. The fourth-order valence-corrected chi connectivity index (χ4v) is 1.66. The van der Waals surface area contributed by atoms with Crippen molar-refractivity contribution in [1.29, 1.82) is 0 Å². The second-order valence-corrected chi connectivity index (χ2v) is 4.62. The molecule has 1 aromatic rings. The Morgan fingerprint density at radius 1 is 1.42 bits per heavy atom. The number of hydrogen-bond acceptors (Lipinski definition) is 6. The van der Waals surface area contributed by atoms with Crippen LogP contribution in [0.2, 0.25) is 0 Å². The molecule has 1 aromatic carbocycles. The predicted octanol–water partition coefficient (Wildman–Crippen LogP) is -2.02. The molecule has 102 valence electrons. The molecular formula is C9H12KNO7S. The van der Waals surface area contributed by atoms with Crippen LogP contribution in [-0.4, -0.2) is 38.2 Å². The average molecular weight is 317 g/mol. The molecule has 0 aliphatic carbocycles. The number of methoxy groups -OCH3 is 1. The summed E-state index contributed by atoms with van der Waals surface area (Å²) in [7, 11) is -3.04. The first-order valence-corrected chi connectivity index (χ1v) is 6.18. The summed E-state index contributed by atoms with van der Waals surface area (Å²) in [6, 6.07) is 2.86. The summed E-state index contributed by atoms with van der Waals surface area (Å²) < 4.78 is 40.3. The standard InChI is InChI=1S/C9H11NO7S.K.H/c1-16-4-5-17-9-3-2-7(18(13,14)15)6-8(9)10(11)12;;/h2-3,6H,4-5H2,1H3,(H,13,14,15);;/q;+1;-1. The Hall–Kier alpha value is -0.0736. The zero-order chi connectivity index (χ0) is 13.8. The van der Waals surface area contributed by atoms with Crippen LogP contribution in [0.25, 0.3) is 0 Å². The van der Waals surface area contributed by atoms with Crippen molar-refractivity contribution in [3.63, 3.8) is 0 Å². The monoisotopic (exact) mass is 317 g/mol. The van der Waals surface area contributed by atoms with E-state index in [1.807, 2.05) is 0 Å². The topological polar surface area (TPSA) is 116 Å². The van der Waals surface area contributed by atoms with E-state index in [-0.39, 0.29) is 71.8 Å². The van der Waals surface area contributed by atoms with Crippen LogP contribution in [0, 0.1) is 10.1 Å². The van der Waals surface area contributed by atoms with Gasteiger partial charge in [0, 0.05) is 13.2 Å². The zero-order valence-electron chi connectivity index (χ0n) is 11.4. The maximum Gasteiger partial charge on any atom is 1.00 e. The number of ether oxygens (including phenoxy) is 2. The van der Waals surface area contributed by atoms with Crippen LogP contribution in [0.4, 0.5) is 5.69 Å². The van der Waals surface area contributed by atoms with Gasteiger partial charge in [0.05, 0.1) is 11.5 Å². The number of nitro benzene ring substituents is 1. The van der Waals surface area contributed by atoms with Crippen molar-refractivity contribution in [2.24, 2.45) is 0 Å². The molecule has 0 saturated carbocycles. The summed E-state index contributed by atoms with van der Waals surface area (Å²) in [6.45, 7) is 0.319. The Morgan fingerprint density at radius 2 is 2.05 bits per heavy atom. The smallest absolute Gasteiger partial charge is 1.00 e. The van der Waals surface area contributed by atoms with E-state index in [2.05, 4.69) is 0 Å². The first kappa shape index (κ1) is 18.9. The van der Waals surface area contributed by atoms with Gasteiger partial charge in [-0.1, -0.05) is 0 Å². The molecule has 1 N–H and O–H groups in total. The van der Waals surface area contributed by atoms with Gasteiger partial charge in [0.15, 0.2) is 5.75 Å².